The van der Waals surface area contributed by atoms with Gasteiger partial charge >= 0.3 is 0 Å². The van der Waals surface area contributed by atoms with E-state index in [0.29, 0.717) is 0 Å². The second-order valence-electron chi connectivity index (χ2n) is 0.730. The van der Waals surface area contributed by atoms with Crippen LogP contribution in [0, 0.1) is 0 Å². The van der Waals surface area contributed by atoms with Gasteiger partial charge in [-0.1, -0.05) is 6.55 Å². The number of rotatable bonds is 1. The van der Waals surface area contributed by atoms with Gasteiger partial charge in [0.05, 0.1) is 9.52 Å². The fraction of sp³-hybridized carbons (Fsp3) is 0.333. The van der Waals surface area contributed by atoms with Crippen LogP contribution in [0.15, 0.2) is 5.70 Å². The van der Waals surface area contributed by atoms with Crippen molar-refractivity contribution in [3.05, 3.63) is 5.70 Å². The summed E-state index contributed by atoms with van der Waals surface area (Å²) >= 11 is 0. The molecule has 0 saturated heterocycles. The molecule has 2 heteroatoms. The molecule has 0 aromatic rings. The molecule has 0 fully saturated rings. The molecule has 0 aromatic heterocycles. The van der Waals surface area contributed by atoms with Crippen LogP contribution < -0.4 is 0 Å². The number of hydrogen-bond acceptors (Lipinski definition) is 1. The van der Waals surface area contributed by atoms with E-state index in [0.717, 1.165) is 0 Å². The first-order valence-corrected chi connectivity index (χ1v) is 3.84. The van der Waals surface area contributed by atoms with Gasteiger partial charge in [0.25, 0.3) is 0 Å². The Balaban J connectivity index is 2.93. The van der Waals surface area contributed by atoms with Gasteiger partial charge in [0.1, 0.15) is 5.94 Å². The van der Waals surface area contributed by atoms with E-state index in [1.54, 1.807) is 11.6 Å². The van der Waals surface area contributed by atoms with Crippen LogP contribution in [0.2, 0.25) is 6.55 Å². The van der Waals surface area contributed by atoms with Crippen LogP contribution in [-0.4, -0.2) is 15.5 Å². The van der Waals surface area contributed by atoms with E-state index in [1.807, 2.05) is 6.55 Å². The smallest absolute Gasteiger partial charge is 0.114 e. The van der Waals surface area contributed by atoms with Gasteiger partial charge in [0.2, 0.25) is 0 Å². The Kier molecular flexibility index (Phi) is 3.42. The van der Waals surface area contributed by atoms with Crippen LogP contribution in [-0.2, 0) is 4.79 Å². The summed E-state index contributed by atoms with van der Waals surface area (Å²) in [7, 11) is -0.135. The highest BCUT2D eigenvalue weighted by atomic mass is 28.2. The summed E-state index contributed by atoms with van der Waals surface area (Å²) in [6.45, 7) is 2.03. The molecule has 0 aliphatic heterocycles. The predicted octanol–water partition coefficient (Wildman–Crippen LogP) is -0.451. The van der Waals surface area contributed by atoms with Gasteiger partial charge in [-0.15, -0.1) is 0 Å². The van der Waals surface area contributed by atoms with Crippen molar-refractivity contribution >= 4 is 15.5 Å². The van der Waals surface area contributed by atoms with E-state index in [1.165, 1.54) is 0 Å². The minimum atomic E-state index is -0.135. The molecule has 0 rings (SSSR count). The third-order valence-electron chi connectivity index (χ3n) is 0.287. The van der Waals surface area contributed by atoms with Crippen LogP contribution >= 0.6 is 0 Å². The maximum Gasteiger partial charge on any atom is 0.114 e. The summed E-state index contributed by atoms with van der Waals surface area (Å²) in [6, 6.07) is 0. The fourth-order valence-corrected chi connectivity index (χ4v) is 0.250. The Morgan fingerprint density at radius 1 is 2.00 bits per heavy atom. The fourth-order valence-electron chi connectivity index (χ4n) is 0.0833. The third kappa shape index (κ3) is 3.67. The zero-order valence-electron chi connectivity index (χ0n) is 3.19. The van der Waals surface area contributed by atoms with Crippen molar-refractivity contribution in [2.45, 2.75) is 6.55 Å². The first kappa shape index (κ1) is 4.67. The topological polar surface area (TPSA) is 17.1 Å². The zero-order chi connectivity index (χ0) is 4.12. The Hall–Kier alpha value is -0.333. The van der Waals surface area contributed by atoms with Gasteiger partial charge in [0.15, 0.2) is 0 Å². The van der Waals surface area contributed by atoms with E-state index < -0.39 is 0 Å². The molecule has 0 N–H and O–H groups in total. The molecule has 0 bridgehead atoms. The van der Waals surface area contributed by atoms with Crippen molar-refractivity contribution in [3.63, 3.8) is 0 Å². The second kappa shape index (κ2) is 3.67. The molecule has 0 saturated carbocycles. The predicted molar refractivity (Wildman–Crippen MR) is 24.7 cm³/mol. The molecule has 5 heavy (non-hydrogen) atoms. The summed E-state index contributed by atoms with van der Waals surface area (Å²) in [5, 5.41) is 0. The van der Waals surface area contributed by atoms with Crippen LogP contribution in [0.3, 0.4) is 0 Å². The first-order valence-electron chi connectivity index (χ1n) is 1.61. The highest BCUT2D eigenvalue weighted by Crippen LogP contribution is 1.47. The molecule has 0 heterocycles. The highest BCUT2D eigenvalue weighted by molar-refractivity contribution is 6.42. The molecule has 0 amide bonds. The normalized spacial score (nSPS) is 8.20. The van der Waals surface area contributed by atoms with Crippen LogP contribution in [0.1, 0.15) is 0 Å². The number of carbonyl (C=O) groups excluding carboxylic acids is 1. The Bertz CT molecular complexity index is 53.9. The molecular weight excluding hydrogens is 80.1 g/mol. The minimum absolute atomic E-state index is 0.135. The molecule has 0 aromatic carbocycles. The molecule has 1 nitrogen and oxygen atoms in total. The lowest BCUT2D eigenvalue weighted by Gasteiger charge is -1.53. The van der Waals surface area contributed by atoms with Crippen molar-refractivity contribution in [2.24, 2.45) is 0 Å². The lowest BCUT2D eigenvalue weighted by atomic mass is 11.2. The quantitative estimate of drug-likeness (QED) is 0.312. The summed E-state index contributed by atoms with van der Waals surface area (Å²) in [5.41, 5.74) is 1.58. The van der Waals surface area contributed by atoms with Gasteiger partial charge in [-0.05, 0) is 5.70 Å². The highest BCUT2D eigenvalue weighted by Gasteiger charge is 1.55. The van der Waals surface area contributed by atoms with Crippen molar-refractivity contribution < 1.29 is 4.79 Å². The monoisotopic (exact) mass is 86.0 g/mol. The van der Waals surface area contributed by atoms with Crippen LogP contribution in [0.25, 0.3) is 0 Å². The molecule has 28 valence electrons. The minimum Gasteiger partial charge on any atom is -0.234 e. The Labute approximate surface area is 33.5 Å². The maximum absolute atomic E-state index is 9.26. The van der Waals surface area contributed by atoms with Crippen molar-refractivity contribution in [1.82, 2.24) is 0 Å². The standard InChI is InChI=1S/C3H6OSi/c1-5-3-2-4/h3H,5H2,1H3. The van der Waals surface area contributed by atoms with Crippen LogP contribution in [0.4, 0.5) is 0 Å². The van der Waals surface area contributed by atoms with E-state index in [-0.39, 0.29) is 9.52 Å². The van der Waals surface area contributed by atoms with Crippen molar-refractivity contribution in [2.75, 3.05) is 0 Å². The second-order valence-corrected chi connectivity index (χ2v) is 1.95. The maximum atomic E-state index is 9.26. The van der Waals surface area contributed by atoms with E-state index in [2.05, 4.69) is 0 Å². The largest absolute Gasteiger partial charge is 0.234 e. The van der Waals surface area contributed by atoms with Gasteiger partial charge in [0, 0.05) is 0 Å². The van der Waals surface area contributed by atoms with Crippen molar-refractivity contribution in [3.8, 4) is 0 Å². The third-order valence-corrected chi connectivity index (χ3v) is 0.862. The average Bonchev–Trinajstić information content (AvgIpc) is 1.41. The summed E-state index contributed by atoms with van der Waals surface area (Å²) in [4.78, 5) is 9.26. The molecular formula is C3H6OSi. The molecule has 0 atom stereocenters. The lowest BCUT2D eigenvalue weighted by Crippen LogP contribution is -1.66. The van der Waals surface area contributed by atoms with E-state index in [4.69, 9.17) is 0 Å². The lowest BCUT2D eigenvalue weighted by molar-refractivity contribution is 0.569. The van der Waals surface area contributed by atoms with E-state index >= 15 is 0 Å². The van der Waals surface area contributed by atoms with Gasteiger partial charge < -0.3 is 0 Å². The Morgan fingerprint density at radius 2 is 2.60 bits per heavy atom. The van der Waals surface area contributed by atoms with E-state index in [9.17, 15) is 4.79 Å². The Morgan fingerprint density at radius 3 is 2.60 bits per heavy atom. The summed E-state index contributed by atoms with van der Waals surface area (Å²) in [6.07, 6.45) is 0. The molecule has 0 aliphatic rings. The summed E-state index contributed by atoms with van der Waals surface area (Å²) in [5.74, 6) is 1.70. The SMILES string of the molecule is C[SiH2]C=C=O. The van der Waals surface area contributed by atoms with Crippen LogP contribution in [0.5, 0.6) is 0 Å². The molecule has 0 unspecified atom stereocenters. The summed E-state index contributed by atoms with van der Waals surface area (Å²) < 4.78 is 0. The first-order chi connectivity index (χ1) is 2.41. The molecule has 0 aliphatic carbocycles. The number of hydrogen-bond donors (Lipinski definition) is 0. The average molecular weight is 86.2 g/mol. The van der Waals surface area contributed by atoms with Gasteiger partial charge in [-0.25, -0.2) is 4.79 Å². The van der Waals surface area contributed by atoms with Gasteiger partial charge in [-0.3, -0.25) is 0 Å². The molecule has 0 spiro atoms. The zero-order valence-corrected chi connectivity index (χ0v) is 4.61. The van der Waals surface area contributed by atoms with Gasteiger partial charge in [-0.2, -0.15) is 0 Å². The molecule has 0 radical (unpaired) electrons. The van der Waals surface area contributed by atoms with Crippen molar-refractivity contribution in [1.29, 1.82) is 0 Å².